The van der Waals surface area contributed by atoms with Crippen LogP contribution in [0.1, 0.15) is 23.1 Å². The molecule has 0 spiro atoms. The smallest absolute Gasteiger partial charge is 0.246 e. The average Bonchev–Trinajstić information content (AvgIpc) is 2.88. The molecule has 136 valence electrons. The number of carbonyl (C=O) groups is 1. The van der Waals surface area contributed by atoms with Gasteiger partial charge in [-0.3, -0.25) is 9.69 Å². The molecule has 0 bridgehead atoms. The third-order valence-electron chi connectivity index (χ3n) is 4.87. The van der Waals surface area contributed by atoms with Crippen LogP contribution in [0, 0.1) is 12.7 Å². The van der Waals surface area contributed by atoms with E-state index in [9.17, 15) is 9.18 Å². The Kier molecular flexibility index (Phi) is 6.18. The molecular formula is C22H25FN2O. The Labute approximate surface area is 154 Å². The van der Waals surface area contributed by atoms with Crippen LogP contribution in [0.4, 0.5) is 4.39 Å². The second kappa shape index (κ2) is 8.77. The van der Waals surface area contributed by atoms with Gasteiger partial charge in [0.05, 0.1) is 0 Å². The van der Waals surface area contributed by atoms with Gasteiger partial charge in [-0.15, -0.1) is 0 Å². The van der Waals surface area contributed by atoms with E-state index in [0.29, 0.717) is 12.1 Å². The first-order chi connectivity index (χ1) is 12.6. The molecule has 0 N–H and O–H groups in total. The molecule has 3 nitrogen and oxygen atoms in total. The number of amides is 1. The van der Waals surface area contributed by atoms with E-state index < -0.39 is 0 Å². The summed E-state index contributed by atoms with van der Waals surface area (Å²) in [5.41, 5.74) is 3.08. The molecule has 1 saturated heterocycles. The first kappa shape index (κ1) is 18.3. The van der Waals surface area contributed by atoms with Crippen LogP contribution in [0.2, 0.25) is 0 Å². The zero-order valence-corrected chi connectivity index (χ0v) is 15.2. The molecule has 4 heteroatoms. The minimum absolute atomic E-state index is 0.0500. The molecule has 2 aromatic rings. The van der Waals surface area contributed by atoms with Gasteiger partial charge in [0, 0.05) is 44.4 Å². The molecule has 1 amide bonds. The molecule has 0 unspecified atom stereocenters. The third-order valence-corrected chi connectivity index (χ3v) is 4.87. The minimum Gasteiger partial charge on any atom is -0.338 e. The van der Waals surface area contributed by atoms with E-state index in [1.807, 2.05) is 4.90 Å². The lowest BCUT2D eigenvalue weighted by Crippen LogP contribution is -2.34. The van der Waals surface area contributed by atoms with Crippen molar-refractivity contribution in [2.24, 2.45) is 0 Å². The van der Waals surface area contributed by atoms with E-state index >= 15 is 0 Å². The molecule has 0 radical (unpaired) electrons. The molecule has 0 saturated carbocycles. The van der Waals surface area contributed by atoms with Gasteiger partial charge in [-0.2, -0.15) is 0 Å². The maximum Gasteiger partial charge on any atom is 0.246 e. The van der Waals surface area contributed by atoms with E-state index in [2.05, 4.69) is 36.1 Å². The van der Waals surface area contributed by atoms with Gasteiger partial charge in [0.15, 0.2) is 0 Å². The number of carbonyl (C=O) groups excluding carboxylic acids is 1. The largest absolute Gasteiger partial charge is 0.338 e. The third kappa shape index (κ3) is 4.79. The molecule has 1 fully saturated rings. The molecule has 1 aliphatic heterocycles. The van der Waals surface area contributed by atoms with Crippen LogP contribution < -0.4 is 0 Å². The molecule has 3 rings (SSSR count). The summed E-state index contributed by atoms with van der Waals surface area (Å²) in [4.78, 5) is 16.7. The number of halogens is 1. The van der Waals surface area contributed by atoms with Crippen LogP contribution in [0.25, 0.3) is 6.08 Å². The van der Waals surface area contributed by atoms with Crippen molar-refractivity contribution in [3.8, 4) is 0 Å². The van der Waals surface area contributed by atoms with E-state index in [1.54, 1.807) is 24.3 Å². The summed E-state index contributed by atoms with van der Waals surface area (Å²) in [7, 11) is 0. The van der Waals surface area contributed by atoms with E-state index in [4.69, 9.17) is 0 Å². The fourth-order valence-corrected chi connectivity index (χ4v) is 3.25. The van der Waals surface area contributed by atoms with Gasteiger partial charge in [0.2, 0.25) is 5.91 Å². The van der Waals surface area contributed by atoms with Gasteiger partial charge in [0.1, 0.15) is 5.82 Å². The number of benzene rings is 2. The van der Waals surface area contributed by atoms with Gasteiger partial charge < -0.3 is 4.90 Å². The summed E-state index contributed by atoms with van der Waals surface area (Å²) in [6.45, 7) is 6.33. The van der Waals surface area contributed by atoms with Crippen molar-refractivity contribution in [2.45, 2.75) is 19.9 Å². The van der Waals surface area contributed by atoms with Crippen molar-refractivity contribution < 1.29 is 9.18 Å². The van der Waals surface area contributed by atoms with Crippen LogP contribution in [-0.2, 0) is 11.3 Å². The Bertz CT molecular complexity index is 787. The number of aryl methyl sites for hydroxylation is 1. The normalized spacial score (nSPS) is 16.0. The zero-order chi connectivity index (χ0) is 18.4. The Morgan fingerprint density at radius 1 is 1.04 bits per heavy atom. The first-order valence-corrected chi connectivity index (χ1v) is 9.12. The van der Waals surface area contributed by atoms with Crippen LogP contribution in [0.3, 0.4) is 0 Å². The monoisotopic (exact) mass is 352 g/mol. The fourth-order valence-electron chi connectivity index (χ4n) is 3.25. The van der Waals surface area contributed by atoms with Crippen LogP contribution >= 0.6 is 0 Å². The zero-order valence-electron chi connectivity index (χ0n) is 15.2. The summed E-state index contributed by atoms with van der Waals surface area (Å²) in [5, 5.41) is 0. The van der Waals surface area contributed by atoms with Gasteiger partial charge in [-0.05, 0) is 36.6 Å². The molecule has 1 aliphatic rings. The Morgan fingerprint density at radius 3 is 2.62 bits per heavy atom. The quantitative estimate of drug-likeness (QED) is 0.780. The lowest BCUT2D eigenvalue weighted by molar-refractivity contribution is -0.125. The Morgan fingerprint density at radius 2 is 1.81 bits per heavy atom. The van der Waals surface area contributed by atoms with Gasteiger partial charge in [-0.1, -0.05) is 42.5 Å². The summed E-state index contributed by atoms with van der Waals surface area (Å²) in [6.07, 6.45) is 3.99. The van der Waals surface area contributed by atoms with Crippen molar-refractivity contribution >= 4 is 12.0 Å². The molecule has 0 aromatic heterocycles. The number of hydrogen-bond donors (Lipinski definition) is 0. The second-order valence-corrected chi connectivity index (χ2v) is 6.74. The topological polar surface area (TPSA) is 23.6 Å². The van der Waals surface area contributed by atoms with E-state index in [-0.39, 0.29) is 11.7 Å². The summed E-state index contributed by atoms with van der Waals surface area (Å²) < 4.78 is 13.7. The van der Waals surface area contributed by atoms with Crippen molar-refractivity contribution in [1.82, 2.24) is 9.80 Å². The second-order valence-electron chi connectivity index (χ2n) is 6.74. The van der Waals surface area contributed by atoms with Gasteiger partial charge >= 0.3 is 0 Å². The highest BCUT2D eigenvalue weighted by Gasteiger charge is 2.18. The van der Waals surface area contributed by atoms with Crippen LogP contribution in [-0.4, -0.2) is 41.9 Å². The van der Waals surface area contributed by atoms with Crippen molar-refractivity contribution in [3.63, 3.8) is 0 Å². The van der Waals surface area contributed by atoms with Crippen molar-refractivity contribution in [2.75, 3.05) is 26.2 Å². The van der Waals surface area contributed by atoms with Crippen molar-refractivity contribution in [3.05, 3.63) is 77.1 Å². The molecule has 2 aromatic carbocycles. The SMILES string of the molecule is Cc1ccccc1CN1CCCN(C(=O)/C=C/c2ccccc2F)CC1. The van der Waals surface area contributed by atoms with Crippen LogP contribution in [0.15, 0.2) is 54.6 Å². The predicted octanol–water partition coefficient (Wildman–Crippen LogP) is 3.88. The molecule has 0 atom stereocenters. The minimum atomic E-state index is -0.308. The highest BCUT2D eigenvalue weighted by atomic mass is 19.1. The summed E-state index contributed by atoms with van der Waals surface area (Å²) >= 11 is 0. The van der Waals surface area contributed by atoms with Gasteiger partial charge in [0.25, 0.3) is 0 Å². The lowest BCUT2D eigenvalue weighted by Gasteiger charge is -2.22. The molecule has 1 heterocycles. The number of hydrogen-bond acceptors (Lipinski definition) is 2. The van der Waals surface area contributed by atoms with Crippen LogP contribution in [0.5, 0.6) is 0 Å². The van der Waals surface area contributed by atoms with E-state index in [1.165, 1.54) is 23.3 Å². The lowest BCUT2D eigenvalue weighted by atomic mass is 10.1. The maximum absolute atomic E-state index is 13.7. The molecule has 26 heavy (non-hydrogen) atoms. The molecular weight excluding hydrogens is 327 g/mol. The molecule has 0 aliphatic carbocycles. The van der Waals surface area contributed by atoms with Gasteiger partial charge in [-0.25, -0.2) is 4.39 Å². The number of nitrogens with zero attached hydrogens (tertiary/aromatic N) is 2. The fraction of sp³-hybridized carbons (Fsp3) is 0.318. The highest BCUT2D eigenvalue weighted by molar-refractivity contribution is 5.91. The number of rotatable bonds is 4. The Hall–Kier alpha value is -2.46. The average molecular weight is 352 g/mol. The first-order valence-electron chi connectivity index (χ1n) is 9.12. The Balaban J connectivity index is 1.57. The standard InChI is InChI=1S/C22H25FN2O/c1-18-7-2-3-9-20(18)17-24-13-6-14-25(16-15-24)22(26)12-11-19-8-4-5-10-21(19)23/h2-5,7-12H,6,13-17H2,1H3/b12-11+. The summed E-state index contributed by atoms with van der Waals surface area (Å²) in [5.74, 6) is -0.359. The van der Waals surface area contributed by atoms with E-state index in [0.717, 1.165) is 32.6 Å². The summed E-state index contributed by atoms with van der Waals surface area (Å²) in [6, 6.07) is 14.9. The maximum atomic E-state index is 13.7. The highest BCUT2D eigenvalue weighted by Crippen LogP contribution is 2.13. The van der Waals surface area contributed by atoms with Crippen molar-refractivity contribution in [1.29, 1.82) is 0 Å². The predicted molar refractivity (Wildman–Crippen MR) is 103 cm³/mol.